The second-order valence-corrected chi connectivity index (χ2v) is 10.8. The first-order chi connectivity index (χ1) is 17.2. The van der Waals surface area contributed by atoms with Gasteiger partial charge in [-0.3, -0.25) is 9.69 Å². The molecule has 1 N–H and O–H groups in total. The zero-order valence-electron chi connectivity index (χ0n) is 21.5. The Balaban J connectivity index is 1.35. The molecule has 3 aromatic rings. The molecular formula is C31H34N2O3. The van der Waals surface area contributed by atoms with Gasteiger partial charge in [0.15, 0.2) is 5.76 Å². The van der Waals surface area contributed by atoms with Crippen molar-refractivity contribution in [1.82, 2.24) is 4.90 Å². The summed E-state index contributed by atoms with van der Waals surface area (Å²) in [5.41, 5.74) is 5.43. The van der Waals surface area contributed by atoms with E-state index in [0.29, 0.717) is 29.2 Å². The quantitative estimate of drug-likeness (QED) is 0.467. The van der Waals surface area contributed by atoms with Crippen molar-refractivity contribution in [2.75, 3.05) is 31.1 Å². The number of hydrogen-bond acceptors (Lipinski definition) is 5. The number of anilines is 1. The van der Waals surface area contributed by atoms with E-state index in [2.05, 4.69) is 67.0 Å². The standard InChI is InChI=1S/C31H34N2O3/c1-21-18-26(34)25(20-32-14-16-33(17-15-32)24-8-6-5-7-9-24)30-28(21)29(35)27(36-30)19-22-10-12-23(13-11-22)31(2,3)4/h5-13,18-19,34H,14-17,20H2,1-4H3/b27-19+. The topological polar surface area (TPSA) is 53.0 Å². The highest BCUT2D eigenvalue weighted by Gasteiger charge is 2.34. The number of phenols is 1. The van der Waals surface area contributed by atoms with Crippen molar-refractivity contribution in [2.45, 2.75) is 39.7 Å². The Hall–Kier alpha value is -3.57. The van der Waals surface area contributed by atoms with Crippen molar-refractivity contribution in [3.8, 4) is 11.5 Å². The molecule has 0 amide bonds. The van der Waals surface area contributed by atoms with Gasteiger partial charge in [-0.25, -0.2) is 0 Å². The number of piperazine rings is 1. The van der Waals surface area contributed by atoms with Gasteiger partial charge < -0.3 is 14.7 Å². The molecule has 186 valence electrons. The summed E-state index contributed by atoms with van der Waals surface area (Å²) in [5.74, 6) is 0.857. The summed E-state index contributed by atoms with van der Waals surface area (Å²) in [7, 11) is 0. The third kappa shape index (κ3) is 4.76. The van der Waals surface area contributed by atoms with Crippen LogP contribution in [-0.4, -0.2) is 42.0 Å². The summed E-state index contributed by atoms with van der Waals surface area (Å²) in [6, 6.07) is 20.3. The number of Topliss-reactive ketones (excluding diaryl/α,β-unsaturated/α-hetero) is 1. The highest BCUT2D eigenvalue weighted by atomic mass is 16.5. The van der Waals surface area contributed by atoms with E-state index in [0.717, 1.165) is 37.3 Å². The summed E-state index contributed by atoms with van der Waals surface area (Å²) < 4.78 is 6.16. The van der Waals surface area contributed by atoms with Gasteiger partial charge in [-0.1, -0.05) is 63.2 Å². The van der Waals surface area contributed by atoms with Crippen LogP contribution < -0.4 is 9.64 Å². The number of ketones is 1. The Morgan fingerprint density at radius 2 is 1.64 bits per heavy atom. The summed E-state index contributed by atoms with van der Waals surface area (Å²) in [6.07, 6.45) is 1.80. The van der Waals surface area contributed by atoms with E-state index in [9.17, 15) is 9.90 Å². The molecule has 5 nitrogen and oxygen atoms in total. The van der Waals surface area contributed by atoms with E-state index in [1.165, 1.54) is 11.3 Å². The van der Waals surface area contributed by atoms with Crippen LogP contribution in [0.3, 0.4) is 0 Å². The normalized spacial score (nSPS) is 17.4. The predicted molar refractivity (Wildman–Crippen MR) is 145 cm³/mol. The van der Waals surface area contributed by atoms with Gasteiger partial charge in [0.05, 0.1) is 11.1 Å². The second kappa shape index (κ2) is 9.47. The number of carbonyl (C=O) groups is 1. The summed E-state index contributed by atoms with van der Waals surface area (Å²) >= 11 is 0. The fourth-order valence-electron chi connectivity index (χ4n) is 4.99. The monoisotopic (exact) mass is 482 g/mol. The number of nitrogens with zero attached hydrogens (tertiary/aromatic N) is 2. The number of allylic oxidation sites excluding steroid dienone is 1. The molecular weight excluding hydrogens is 448 g/mol. The zero-order valence-corrected chi connectivity index (χ0v) is 21.5. The van der Waals surface area contributed by atoms with Crippen molar-refractivity contribution >= 4 is 17.5 Å². The molecule has 2 aliphatic rings. The summed E-state index contributed by atoms with van der Waals surface area (Å²) in [4.78, 5) is 18.0. The average Bonchev–Trinajstić information content (AvgIpc) is 3.18. The first-order valence-corrected chi connectivity index (χ1v) is 12.6. The maximum atomic E-state index is 13.3. The molecule has 1 saturated heterocycles. The summed E-state index contributed by atoms with van der Waals surface area (Å²) in [6.45, 7) is 12.5. The van der Waals surface area contributed by atoms with E-state index < -0.39 is 0 Å². The van der Waals surface area contributed by atoms with Crippen molar-refractivity contribution in [3.05, 3.63) is 94.2 Å². The molecule has 0 aliphatic carbocycles. The molecule has 5 rings (SSSR count). The number of para-hydroxylation sites is 1. The van der Waals surface area contributed by atoms with Crippen molar-refractivity contribution in [2.24, 2.45) is 0 Å². The number of benzene rings is 3. The molecule has 1 fully saturated rings. The van der Waals surface area contributed by atoms with Crippen molar-refractivity contribution in [3.63, 3.8) is 0 Å². The lowest BCUT2D eigenvalue weighted by molar-refractivity contribution is 0.101. The predicted octanol–water partition coefficient (Wildman–Crippen LogP) is 5.94. The van der Waals surface area contributed by atoms with E-state index in [1.54, 1.807) is 12.1 Å². The Morgan fingerprint density at radius 1 is 0.972 bits per heavy atom. The van der Waals surface area contributed by atoms with E-state index >= 15 is 0 Å². The zero-order chi connectivity index (χ0) is 25.4. The lowest BCUT2D eigenvalue weighted by atomic mass is 9.86. The number of ether oxygens (including phenoxy) is 1. The minimum absolute atomic E-state index is 0.0672. The van der Waals surface area contributed by atoms with Crippen molar-refractivity contribution < 1.29 is 14.6 Å². The number of aryl methyl sites for hydroxylation is 1. The van der Waals surface area contributed by atoms with Crippen LogP contribution in [0, 0.1) is 6.92 Å². The SMILES string of the molecule is Cc1cc(O)c(CN2CCN(c3ccccc3)CC2)c2c1C(=O)/C(=C\c1ccc(C(C)(C)C)cc1)O2. The number of carbonyl (C=O) groups excluding carboxylic acids is 1. The third-order valence-corrected chi connectivity index (χ3v) is 7.17. The molecule has 5 heteroatoms. The fraction of sp³-hybridized carbons (Fsp3) is 0.323. The summed E-state index contributed by atoms with van der Waals surface area (Å²) in [5, 5.41) is 10.8. The second-order valence-electron chi connectivity index (χ2n) is 10.8. The lowest BCUT2D eigenvalue weighted by Gasteiger charge is -2.36. The van der Waals surface area contributed by atoms with Gasteiger partial charge in [-0.05, 0) is 53.3 Å². The Morgan fingerprint density at radius 3 is 2.28 bits per heavy atom. The number of hydrogen-bond donors (Lipinski definition) is 1. The van der Waals surface area contributed by atoms with Gasteiger partial charge in [-0.15, -0.1) is 0 Å². The lowest BCUT2D eigenvalue weighted by Crippen LogP contribution is -2.46. The van der Waals surface area contributed by atoms with Gasteiger partial charge in [0.1, 0.15) is 11.5 Å². The number of rotatable bonds is 4. The van der Waals surface area contributed by atoms with E-state index in [4.69, 9.17) is 4.74 Å². The molecule has 0 saturated carbocycles. The van der Waals surface area contributed by atoms with Crippen LogP contribution in [-0.2, 0) is 12.0 Å². The molecule has 0 unspecified atom stereocenters. The molecule has 0 aromatic heterocycles. The van der Waals surface area contributed by atoms with Crippen LogP contribution in [0.5, 0.6) is 11.5 Å². The minimum atomic E-state index is -0.127. The smallest absolute Gasteiger partial charge is 0.232 e. The average molecular weight is 483 g/mol. The molecule has 2 heterocycles. The highest BCUT2D eigenvalue weighted by molar-refractivity contribution is 6.15. The van der Waals surface area contributed by atoms with Gasteiger partial charge in [0, 0.05) is 38.4 Å². The van der Waals surface area contributed by atoms with Gasteiger partial charge >= 0.3 is 0 Å². The number of phenolic OH excluding ortho intramolecular Hbond substituents is 1. The minimum Gasteiger partial charge on any atom is -0.507 e. The molecule has 0 bridgehead atoms. The van der Waals surface area contributed by atoms with Crippen LogP contribution >= 0.6 is 0 Å². The first kappa shape index (κ1) is 24.1. The molecule has 36 heavy (non-hydrogen) atoms. The van der Waals surface area contributed by atoms with Crippen LogP contribution in [0.2, 0.25) is 0 Å². The molecule has 0 atom stereocenters. The number of aromatic hydroxyl groups is 1. The van der Waals surface area contributed by atoms with Crippen molar-refractivity contribution in [1.29, 1.82) is 0 Å². The maximum Gasteiger partial charge on any atom is 0.232 e. The third-order valence-electron chi connectivity index (χ3n) is 7.17. The highest BCUT2D eigenvalue weighted by Crippen LogP contribution is 2.42. The maximum absolute atomic E-state index is 13.3. The molecule has 3 aromatic carbocycles. The Bertz CT molecular complexity index is 1300. The first-order valence-electron chi connectivity index (χ1n) is 12.6. The molecule has 0 spiro atoms. The van der Waals surface area contributed by atoms with E-state index in [-0.39, 0.29) is 16.9 Å². The molecule has 0 radical (unpaired) electrons. The van der Waals surface area contributed by atoms with Gasteiger partial charge in [0.2, 0.25) is 5.78 Å². The van der Waals surface area contributed by atoms with Gasteiger partial charge in [0.25, 0.3) is 0 Å². The fourth-order valence-corrected chi connectivity index (χ4v) is 4.99. The van der Waals surface area contributed by atoms with Crippen LogP contribution in [0.1, 0.15) is 53.4 Å². The van der Waals surface area contributed by atoms with Crippen LogP contribution in [0.4, 0.5) is 5.69 Å². The van der Waals surface area contributed by atoms with E-state index in [1.807, 2.05) is 25.1 Å². The van der Waals surface area contributed by atoms with Crippen LogP contribution in [0.15, 0.2) is 66.4 Å². The van der Waals surface area contributed by atoms with Crippen LogP contribution in [0.25, 0.3) is 6.08 Å². The molecule has 2 aliphatic heterocycles. The van der Waals surface area contributed by atoms with Gasteiger partial charge in [-0.2, -0.15) is 0 Å². The Labute approximate surface area is 213 Å². The largest absolute Gasteiger partial charge is 0.507 e. The Kier molecular flexibility index (Phi) is 6.35. The number of fused-ring (bicyclic) bond motifs is 1.